The van der Waals surface area contributed by atoms with Crippen molar-refractivity contribution in [3.63, 3.8) is 0 Å². The van der Waals surface area contributed by atoms with Gasteiger partial charge in [0.2, 0.25) is 0 Å². The minimum absolute atomic E-state index is 0.664. The first-order valence-electron chi connectivity index (χ1n) is 6.91. The summed E-state index contributed by atoms with van der Waals surface area (Å²) in [4.78, 5) is 0. The normalized spacial score (nSPS) is 19.8. The Labute approximate surface area is 118 Å². The Kier molecular flexibility index (Phi) is 5.51. The molecule has 1 saturated heterocycles. The quantitative estimate of drug-likeness (QED) is 0.893. The van der Waals surface area contributed by atoms with Gasteiger partial charge in [0.05, 0.1) is 6.61 Å². The molecule has 0 aliphatic carbocycles. The highest BCUT2D eigenvalue weighted by atomic mass is 79.9. The SMILES string of the molecule is CCCc1cc(Br)ccc1OC[C@H]1CCCNC1. The van der Waals surface area contributed by atoms with Gasteiger partial charge in [0.1, 0.15) is 5.75 Å². The molecule has 0 aromatic heterocycles. The molecule has 1 fully saturated rings. The van der Waals surface area contributed by atoms with Gasteiger partial charge in [-0.25, -0.2) is 0 Å². The molecule has 1 aliphatic heterocycles. The average molecular weight is 312 g/mol. The van der Waals surface area contributed by atoms with Crippen molar-refractivity contribution in [2.24, 2.45) is 5.92 Å². The Morgan fingerprint density at radius 2 is 2.33 bits per heavy atom. The zero-order valence-electron chi connectivity index (χ0n) is 11.0. The van der Waals surface area contributed by atoms with E-state index in [2.05, 4.69) is 46.4 Å². The van der Waals surface area contributed by atoms with Crippen LogP contribution in [-0.2, 0) is 6.42 Å². The third kappa shape index (κ3) is 3.99. The Hall–Kier alpha value is -0.540. The molecule has 2 rings (SSSR count). The molecule has 0 bridgehead atoms. The molecular formula is C15H22BrNO. The van der Waals surface area contributed by atoms with Crippen LogP contribution in [0.3, 0.4) is 0 Å². The summed E-state index contributed by atoms with van der Waals surface area (Å²) in [6.07, 6.45) is 4.79. The van der Waals surface area contributed by atoms with E-state index in [0.717, 1.165) is 42.8 Å². The number of hydrogen-bond donors (Lipinski definition) is 1. The summed E-state index contributed by atoms with van der Waals surface area (Å²) in [6.45, 7) is 5.30. The molecule has 1 atom stereocenters. The zero-order valence-corrected chi connectivity index (χ0v) is 12.6. The number of halogens is 1. The third-order valence-corrected chi connectivity index (χ3v) is 3.91. The summed E-state index contributed by atoms with van der Waals surface area (Å²) in [7, 11) is 0. The van der Waals surface area contributed by atoms with E-state index in [-0.39, 0.29) is 0 Å². The standard InChI is InChI=1S/C15H22BrNO/c1-2-4-13-9-14(16)6-7-15(13)18-11-12-5-3-8-17-10-12/h6-7,9,12,17H,2-5,8,10-11H2,1H3/t12-/m0/s1. The summed E-state index contributed by atoms with van der Waals surface area (Å²) in [5.41, 5.74) is 1.32. The fraction of sp³-hybridized carbons (Fsp3) is 0.600. The van der Waals surface area contributed by atoms with Crippen molar-refractivity contribution < 1.29 is 4.74 Å². The second kappa shape index (κ2) is 7.15. The molecule has 0 saturated carbocycles. The van der Waals surface area contributed by atoms with Gasteiger partial charge in [0, 0.05) is 16.9 Å². The molecule has 100 valence electrons. The number of piperidine rings is 1. The Bertz CT molecular complexity index is 375. The van der Waals surface area contributed by atoms with Crippen LogP contribution in [-0.4, -0.2) is 19.7 Å². The fourth-order valence-electron chi connectivity index (χ4n) is 2.43. The van der Waals surface area contributed by atoms with Gasteiger partial charge in [-0.1, -0.05) is 29.3 Å². The summed E-state index contributed by atoms with van der Waals surface area (Å²) in [5, 5.41) is 3.43. The smallest absolute Gasteiger partial charge is 0.122 e. The van der Waals surface area contributed by atoms with E-state index in [9.17, 15) is 0 Å². The Morgan fingerprint density at radius 3 is 3.06 bits per heavy atom. The van der Waals surface area contributed by atoms with Crippen molar-refractivity contribution in [3.05, 3.63) is 28.2 Å². The monoisotopic (exact) mass is 311 g/mol. The van der Waals surface area contributed by atoms with Crippen LogP contribution < -0.4 is 10.1 Å². The molecule has 0 radical (unpaired) electrons. The third-order valence-electron chi connectivity index (χ3n) is 3.42. The van der Waals surface area contributed by atoms with Crippen LogP contribution in [0.15, 0.2) is 22.7 Å². The maximum absolute atomic E-state index is 6.02. The maximum atomic E-state index is 6.02. The molecular weight excluding hydrogens is 290 g/mol. The number of rotatable bonds is 5. The lowest BCUT2D eigenvalue weighted by molar-refractivity contribution is 0.217. The van der Waals surface area contributed by atoms with Gasteiger partial charge in [-0.3, -0.25) is 0 Å². The van der Waals surface area contributed by atoms with E-state index in [4.69, 9.17) is 4.74 Å². The molecule has 3 heteroatoms. The summed E-state index contributed by atoms with van der Waals surface area (Å²) < 4.78 is 7.16. The van der Waals surface area contributed by atoms with E-state index in [1.54, 1.807) is 0 Å². The number of benzene rings is 1. The summed E-state index contributed by atoms with van der Waals surface area (Å²) in [5.74, 6) is 1.72. The van der Waals surface area contributed by atoms with E-state index in [0.29, 0.717) is 5.92 Å². The van der Waals surface area contributed by atoms with Crippen molar-refractivity contribution in [1.29, 1.82) is 0 Å². The van der Waals surface area contributed by atoms with E-state index in [1.807, 2.05) is 0 Å². The number of hydrogen-bond acceptors (Lipinski definition) is 2. The van der Waals surface area contributed by atoms with Gasteiger partial charge < -0.3 is 10.1 Å². The second-order valence-corrected chi connectivity index (χ2v) is 5.94. The summed E-state index contributed by atoms with van der Waals surface area (Å²) in [6, 6.07) is 6.33. The number of nitrogens with one attached hydrogen (secondary N) is 1. The van der Waals surface area contributed by atoms with Crippen molar-refractivity contribution in [1.82, 2.24) is 5.32 Å². The highest BCUT2D eigenvalue weighted by Crippen LogP contribution is 2.25. The van der Waals surface area contributed by atoms with Crippen molar-refractivity contribution in [2.75, 3.05) is 19.7 Å². The molecule has 1 aliphatic rings. The molecule has 1 aromatic rings. The zero-order chi connectivity index (χ0) is 12.8. The molecule has 0 amide bonds. The van der Waals surface area contributed by atoms with Crippen molar-refractivity contribution in [2.45, 2.75) is 32.6 Å². The van der Waals surface area contributed by atoms with Crippen molar-refractivity contribution >= 4 is 15.9 Å². The second-order valence-electron chi connectivity index (χ2n) is 5.03. The van der Waals surface area contributed by atoms with Crippen LogP contribution >= 0.6 is 15.9 Å². The van der Waals surface area contributed by atoms with Gasteiger partial charge in [0.25, 0.3) is 0 Å². The van der Waals surface area contributed by atoms with Gasteiger partial charge in [-0.2, -0.15) is 0 Å². The fourth-order valence-corrected chi connectivity index (χ4v) is 2.84. The first kappa shape index (κ1) is 13.9. The first-order valence-corrected chi connectivity index (χ1v) is 7.71. The van der Waals surface area contributed by atoms with Gasteiger partial charge >= 0.3 is 0 Å². The largest absolute Gasteiger partial charge is 0.493 e. The maximum Gasteiger partial charge on any atom is 0.122 e. The van der Waals surface area contributed by atoms with E-state index >= 15 is 0 Å². The number of ether oxygens (including phenoxy) is 1. The van der Waals surface area contributed by atoms with Crippen LogP contribution in [0.4, 0.5) is 0 Å². The van der Waals surface area contributed by atoms with Gasteiger partial charge in [-0.15, -0.1) is 0 Å². The van der Waals surface area contributed by atoms with Crippen LogP contribution in [0, 0.1) is 5.92 Å². The van der Waals surface area contributed by atoms with Crippen LogP contribution in [0.25, 0.3) is 0 Å². The average Bonchev–Trinajstić information content (AvgIpc) is 2.39. The van der Waals surface area contributed by atoms with Gasteiger partial charge in [0.15, 0.2) is 0 Å². The van der Waals surface area contributed by atoms with Crippen LogP contribution in [0.2, 0.25) is 0 Å². The first-order chi connectivity index (χ1) is 8.79. The van der Waals surface area contributed by atoms with Crippen LogP contribution in [0.1, 0.15) is 31.7 Å². The predicted octanol–water partition coefficient (Wildman–Crippen LogP) is 3.78. The summed E-state index contributed by atoms with van der Waals surface area (Å²) >= 11 is 3.53. The topological polar surface area (TPSA) is 21.3 Å². The molecule has 1 heterocycles. The van der Waals surface area contributed by atoms with Crippen LogP contribution in [0.5, 0.6) is 5.75 Å². The lowest BCUT2D eigenvalue weighted by Crippen LogP contribution is -2.33. The lowest BCUT2D eigenvalue weighted by Gasteiger charge is -2.23. The van der Waals surface area contributed by atoms with Gasteiger partial charge in [-0.05, 0) is 49.6 Å². The van der Waals surface area contributed by atoms with E-state index in [1.165, 1.54) is 18.4 Å². The predicted molar refractivity (Wildman–Crippen MR) is 79.2 cm³/mol. The van der Waals surface area contributed by atoms with E-state index < -0.39 is 0 Å². The molecule has 0 unspecified atom stereocenters. The molecule has 18 heavy (non-hydrogen) atoms. The molecule has 1 aromatic carbocycles. The lowest BCUT2D eigenvalue weighted by atomic mass is 10.0. The Morgan fingerprint density at radius 1 is 1.44 bits per heavy atom. The minimum atomic E-state index is 0.664. The highest BCUT2D eigenvalue weighted by molar-refractivity contribution is 9.10. The molecule has 0 spiro atoms. The molecule has 2 nitrogen and oxygen atoms in total. The Balaban J connectivity index is 1.94. The van der Waals surface area contributed by atoms with Crippen molar-refractivity contribution in [3.8, 4) is 5.75 Å². The highest BCUT2D eigenvalue weighted by Gasteiger charge is 2.14. The number of aryl methyl sites for hydroxylation is 1. The minimum Gasteiger partial charge on any atom is -0.493 e. The molecule has 1 N–H and O–H groups in total.